The van der Waals surface area contributed by atoms with E-state index in [0.29, 0.717) is 0 Å². The molecule has 0 bridgehead atoms. The average molecular weight is 264 g/mol. The number of nitrogens with two attached hydrogens (primary N) is 1. The molecule has 3 nitrogen and oxygen atoms in total. The lowest BCUT2D eigenvalue weighted by Gasteiger charge is -2.41. The monoisotopic (exact) mass is 264 g/mol. The summed E-state index contributed by atoms with van der Waals surface area (Å²) in [5.74, 6) is 0.899. The first-order valence-corrected chi connectivity index (χ1v) is 7.62. The summed E-state index contributed by atoms with van der Waals surface area (Å²) >= 11 is 0. The third kappa shape index (κ3) is 3.40. The van der Waals surface area contributed by atoms with Crippen LogP contribution < -0.4 is 5.73 Å². The lowest BCUT2D eigenvalue weighted by Crippen LogP contribution is -2.51. The first kappa shape index (κ1) is 14.6. The van der Waals surface area contributed by atoms with Crippen LogP contribution in [0.1, 0.15) is 51.0 Å². The van der Waals surface area contributed by atoms with Gasteiger partial charge in [-0.15, -0.1) is 0 Å². The van der Waals surface area contributed by atoms with Gasteiger partial charge in [0.2, 0.25) is 0 Å². The molecule has 0 saturated heterocycles. The first-order valence-electron chi connectivity index (χ1n) is 7.62. The van der Waals surface area contributed by atoms with E-state index in [1.807, 2.05) is 12.3 Å². The predicted molar refractivity (Wildman–Crippen MR) is 78.8 cm³/mol. The van der Waals surface area contributed by atoms with Gasteiger partial charge in [-0.2, -0.15) is 0 Å². The van der Waals surface area contributed by atoms with Gasteiger partial charge in [0.1, 0.15) is 0 Å². The number of hydrogen-bond acceptors (Lipinski definition) is 3. The molecule has 0 amide bonds. The molecule has 108 valence electrons. The van der Waals surface area contributed by atoms with E-state index < -0.39 is 0 Å². The highest BCUT2D eigenvalue weighted by molar-refractivity contribution is 5.06. The Morgan fingerprint density at radius 2 is 2.26 bits per heavy atom. The van der Waals surface area contributed by atoms with Crippen molar-refractivity contribution in [3.63, 3.8) is 0 Å². The molecule has 1 aliphatic carbocycles. The maximum absolute atomic E-state index is 6.16. The third-order valence-corrected chi connectivity index (χ3v) is 5.04. The zero-order chi connectivity index (χ0) is 13.7. The van der Waals surface area contributed by atoms with E-state index in [1.54, 1.807) is 6.26 Å². The minimum Gasteiger partial charge on any atom is -0.472 e. The van der Waals surface area contributed by atoms with Crippen molar-refractivity contribution in [3.8, 4) is 0 Å². The zero-order valence-electron chi connectivity index (χ0n) is 12.4. The molecular weight excluding hydrogens is 236 g/mol. The van der Waals surface area contributed by atoms with Gasteiger partial charge < -0.3 is 10.2 Å². The fourth-order valence-corrected chi connectivity index (χ4v) is 3.44. The minimum absolute atomic E-state index is 0.182. The van der Waals surface area contributed by atoms with Gasteiger partial charge in [-0.25, -0.2) is 0 Å². The Morgan fingerprint density at radius 3 is 2.89 bits per heavy atom. The van der Waals surface area contributed by atoms with E-state index >= 15 is 0 Å². The molecule has 0 aliphatic heterocycles. The van der Waals surface area contributed by atoms with Crippen LogP contribution in [0.3, 0.4) is 0 Å². The molecular formula is C16H28N2O. The quantitative estimate of drug-likeness (QED) is 0.829. The molecule has 19 heavy (non-hydrogen) atoms. The molecule has 0 radical (unpaired) electrons. The summed E-state index contributed by atoms with van der Waals surface area (Å²) in [7, 11) is 2.21. The van der Waals surface area contributed by atoms with Gasteiger partial charge in [-0.3, -0.25) is 4.90 Å². The molecule has 0 aromatic carbocycles. The Morgan fingerprint density at radius 1 is 1.42 bits per heavy atom. The number of rotatable bonds is 5. The second kappa shape index (κ2) is 6.58. The van der Waals surface area contributed by atoms with Crippen molar-refractivity contribution in [1.82, 2.24) is 4.90 Å². The van der Waals surface area contributed by atoms with Gasteiger partial charge in [0, 0.05) is 24.2 Å². The van der Waals surface area contributed by atoms with Crippen molar-refractivity contribution in [2.45, 2.75) is 57.5 Å². The summed E-state index contributed by atoms with van der Waals surface area (Å²) in [4.78, 5) is 2.45. The van der Waals surface area contributed by atoms with Crippen LogP contribution in [0.4, 0.5) is 0 Å². The van der Waals surface area contributed by atoms with Crippen LogP contribution >= 0.6 is 0 Å². The van der Waals surface area contributed by atoms with Crippen LogP contribution in [0.15, 0.2) is 23.0 Å². The maximum atomic E-state index is 6.16. The molecule has 1 heterocycles. The number of hydrogen-bond donors (Lipinski definition) is 1. The van der Waals surface area contributed by atoms with Gasteiger partial charge in [-0.1, -0.05) is 26.2 Å². The van der Waals surface area contributed by atoms with E-state index in [1.165, 1.54) is 44.1 Å². The second-order valence-electron chi connectivity index (χ2n) is 6.12. The number of likely N-dealkylation sites (N-methyl/N-ethyl adjacent to an activating group) is 1. The van der Waals surface area contributed by atoms with E-state index in [2.05, 4.69) is 18.9 Å². The van der Waals surface area contributed by atoms with E-state index in [9.17, 15) is 0 Å². The molecule has 2 atom stereocenters. The lowest BCUT2D eigenvalue weighted by molar-refractivity contribution is 0.0981. The topological polar surface area (TPSA) is 42.4 Å². The highest BCUT2D eigenvalue weighted by atomic mass is 16.3. The molecule has 2 unspecified atom stereocenters. The molecule has 1 aromatic heterocycles. The van der Waals surface area contributed by atoms with Crippen molar-refractivity contribution >= 4 is 0 Å². The Bertz CT molecular complexity index is 363. The van der Waals surface area contributed by atoms with Gasteiger partial charge in [-0.05, 0) is 38.3 Å². The summed E-state index contributed by atoms with van der Waals surface area (Å²) in [6.45, 7) is 4.01. The molecule has 1 fully saturated rings. The third-order valence-electron chi connectivity index (χ3n) is 5.04. The van der Waals surface area contributed by atoms with Crippen LogP contribution in [0.25, 0.3) is 0 Å². The summed E-state index contributed by atoms with van der Waals surface area (Å²) in [6, 6.07) is 2.05. The standard InChI is InChI=1S/C16H28N2O/c1-3-14-5-4-8-16(13-17,9-6-14)18(2)11-15-7-10-19-12-15/h7,10,12,14H,3-6,8-9,11,13,17H2,1-2H3. The SMILES string of the molecule is CCC1CCCC(CN)(N(C)Cc2ccoc2)CC1. The van der Waals surface area contributed by atoms with Gasteiger partial charge in [0.05, 0.1) is 12.5 Å². The van der Waals surface area contributed by atoms with Crippen LogP contribution in [-0.2, 0) is 6.54 Å². The van der Waals surface area contributed by atoms with Gasteiger partial charge in [0.15, 0.2) is 0 Å². The van der Waals surface area contributed by atoms with Gasteiger partial charge in [0.25, 0.3) is 0 Å². The molecule has 0 spiro atoms. The first-order chi connectivity index (χ1) is 9.20. The molecule has 1 saturated carbocycles. The normalized spacial score (nSPS) is 28.5. The van der Waals surface area contributed by atoms with Crippen LogP contribution in [0.5, 0.6) is 0 Å². The van der Waals surface area contributed by atoms with E-state index in [4.69, 9.17) is 10.2 Å². The van der Waals surface area contributed by atoms with Gasteiger partial charge >= 0.3 is 0 Å². The average Bonchev–Trinajstić information content (AvgIpc) is 2.83. The summed E-state index contributed by atoms with van der Waals surface area (Å²) in [5, 5.41) is 0. The van der Waals surface area contributed by atoms with Crippen molar-refractivity contribution in [3.05, 3.63) is 24.2 Å². The Labute approximate surface area is 117 Å². The van der Waals surface area contributed by atoms with Crippen molar-refractivity contribution in [2.75, 3.05) is 13.6 Å². The van der Waals surface area contributed by atoms with E-state index in [0.717, 1.165) is 19.0 Å². The highest BCUT2D eigenvalue weighted by Gasteiger charge is 2.35. The fourth-order valence-electron chi connectivity index (χ4n) is 3.44. The van der Waals surface area contributed by atoms with Crippen LogP contribution in [-0.4, -0.2) is 24.0 Å². The summed E-state index contributed by atoms with van der Waals surface area (Å²) in [5.41, 5.74) is 7.58. The Hall–Kier alpha value is -0.800. The number of nitrogens with zero attached hydrogens (tertiary/aromatic N) is 1. The second-order valence-corrected chi connectivity index (χ2v) is 6.12. The smallest absolute Gasteiger partial charge is 0.0947 e. The number of furan rings is 1. The Kier molecular flexibility index (Phi) is 5.06. The largest absolute Gasteiger partial charge is 0.472 e. The fraction of sp³-hybridized carbons (Fsp3) is 0.750. The zero-order valence-corrected chi connectivity index (χ0v) is 12.4. The Balaban J connectivity index is 2.04. The maximum Gasteiger partial charge on any atom is 0.0947 e. The molecule has 2 N–H and O–H groups in total. The minimum atomic E-state index is 0.182. The summed E-state index contributed by atoms with van der Waals surface area (Å²) in [6.07, 6.45) is 11.4. The highest BCUT2D eigenvalue weighted by Crippen LogP contribution is 2.35. The predicted octanol–water partition coefficient (Wildman–Crippen LogP) is 3.40. The lowest BCUT2D eigenvalue weighted by atomic mass is 9.87. The van der Waals surface area contributed by atoms with Crippen molar-refractivity contribution in [2.24, 2.45) is 11.7 Å². The molecule has 3 heteroatoms. The van der Waals surface area contributed by atoms with Crippen molar-refractivity contribution in [1.29, 1.82) is 0 Å². The van der Waals surface area contributed by atoms with Crippen LogP contribution in [0, 0.1) is 5.92 Å². The molecule has 1 aliphatic rings. The molecule has 1 aromatic rings. The van der Waals surface area contributed by atoms with Crippen molar-refractivity contribution < 1.29 is 4.42 Å². The van der Waals surface area contributed by atoms with Crippen LogP contribution in [0.2, 0.25) is 0 Å². The molecule has 2 rings (SSSR count). The van der Waals surface area contributed by atoms with E-state index in [-0.39, 0.29) is 5.54 Å². The summed E-state index contributed by atoms with van der Waals surface area (Å²) < 4.78 is 5.17.